The number of fused-ring (bicyclic) bond motifs is 9. The Labute approximate surface area is 326 Å². The second-order valence-electron chi connectivity index (χ2n) is 14.4. The van der Waals surface area contributed by atoms with E-state index in [-0.39, 0.29) is 0 Å². The Morgan fingerprint density at radius 2 is 0.737 bits per heavy atom. The molecular weight excluding hydrogens is 697 g/mol. The molecule has 8 aromatic carbocycles. The molecule has 0 N–H and O–H groups in total. The van der Waals surface area contributed by atoms with Crippen LogP contribution >= 0.6 is 0 Å². The first-order valence-electron chi connectivity index (χ1n) is 18.7. The van der Waals surface area contributed by atoms with Crippen LogP contribution in [-0.2, 0) is 0 Å². The molecule has 11 aromatic rings. The molecule has 11 rings (SSSR count). The van der Waals surface area contributed by atoms with Gasteiger partial charge in [0.15, 0.2) is 0 Å². The van der Waals surface area contributed by atoms with E-state index in [2.05, 4.69) is 141 Å². The lowest BCUT2D eigenvalue weighted by Crippen LogP contribution is -1.98. The van der Waals surface area contributed by atoms with Crippen LogP contribution in [0.15, 0.2) is 170 Å². The van der Waals surface area contributed by atoms with Crippen molar-refractivity contribution in [3.63, 3.8) is 0 Å². The topological polar surface area (TPSA) is 86.2 Å². The van der Waals surface area contributed by atoms with Gasteiger partial charge in [-0.2, -0.15) is 15.8 Å². The summed E-state index contributed by atoms with van der Waals surface area (Å²) >= 11 is 0. The summed E-state index contributed by atoms with van der Waals surface area (Å²) in [5.74, 6) is 0. The molecule has 3 aromatic heterocycles. The van der Waals surface area contributed by atoms with Gasteiger partial charge in [0.05, 0.1) is 68.0 Å². The Kier molecular flexibility index (Phi) is 6.95. The third-order valence-corrected chi connectivity index (χ3v) is 11.3. The Balaban J connectivity index is 1.10. The van der Waals surface area contributed by atoms with Gasteiger partial charge in [0.25, 0.3) is 0 Å². The number of hydrogen-bond donors (Lipinski definition) is 0. The van der Waals surface area contributed by atoms with E-state index in [0.29, 0.717) is 16.7 Å². The van der Waals surface area contributed by atoms with E-state index in [0.717, 1.165) is 82.8 Å². The third kappa shape index (κ3) is 4.81. The summed E-state index contributed by atoms with van der Waals surface area (Å²) in [6.45, 7) is 0. The minimum absolute atomic E-state index is 0.546. The summed E-state index contributed by atoms with van der Waals surface area (Å²) in [6.07, 6.45) is 0. The fourth-order valence-electron chi connectivity index (χ4n) is 8.79. The number of aromatic nitrogens is 3. The van der Waals surface area contributed by atoms with Crippen LogP contribution in [0.1, 0.15) is 16.7 Å². The lowest BCUT2D eigenvalue weighted by Gasteiger charge is -2.14. The number of nitrogens with zero attached hydrogens (tertiary/aromatic N) is 6. The highest BCUT2D eigenvalue weighted by Crippen LogP contribution is 2.39. The van der Waals surface area contributed by atoms with Crippen LogP contribution in [0.25, 0.3) is 93.6 Å². The van der Waals surface area contributed by atoms with Gasteiger partial charge in [-0.15, -0.1) is 0 Å². The van der Waals surface area contributed by atoms with E-state index < -0.39 is 0 Å². The smallest absolute Gasteiger partial charge is 0.0992 e. The number of benzene rings is 8. The summed E-state index contributed by atoms with van der Waals surface area (Å²) < 4.78 is 6.76. The molecule has 0 atom stereocenters. The lowest BCUT2D eigenvalue weighted by atomic mass is 10.0. The molecule has 57 heavy (non-hydrogen) atoms. The van der Waals surface area contributed by atoms with Gasteiger partial charge in [-0.3, -0.25) is 0 Å². The minimum atomic E-state index is 0.546. The van der Waals surface area contributed by atoms with Gasteiger partial charge in [0.2, 0.25) is 0 Å². The maximum absolute atomic E-state index is 10.4. The number of hydrogen-bond acceptors (Lipinski definition) is 3. The van der Waals surface area contributed by atoms with Crippen LogP contribution in [0.3, 0.4) is 0 Å². The summed E-state index contributed by atoms with van der Waals surface area (Å²) in [7, 11) is 0. The summed E-state index contributed by atoms with van der Waals surface area (Å²) in [6, 6.07) is 64.9. The zero-order valence-corrected chi connectivity index (χ0v) is 30.3. The molecular formula is C51H28N6. The summed E-state index contributed by atoms with van der Waals surface area (Å²) in [4.78, 5) is 0. The molecule has 0 bridgehead atoms. The van der Waals surface area contributed by atoms with Crippen molar-refractivity contribution >= 4 is 65.4 Å². The van der Waals surface area contributed by atoms with Crippen molar-refractivity contribution < 1.29 is 0 Å². The molecule has 0 saturated heterocycles. The molecule has 0 saturated carbocycles. The molecule has 6 heteroatoms. The van der Waals surface area contributed by atoms with Crippen LogP contribution in [0.4, 0.5) is 0 Å². The van der Waals surface area contributed by atoms with Crippen molar-refractivity contribution in [1.29, 1.82) is 15.8 Å². The number of nitriles is 3. The second-order valence-corrected chi connectivity index (χ2v) is 14.4. The molecule has 0 fully saturated rings. The fourth-order valence-corrected chi connectivity index (χ4v) is 8.79. The zero-order chi connectivity index (χ0) is 38.2. The van der Waals surface area contributed by atoms with Gasteiger partial charge < -0.3 is 13.7 Å². The monoisotopic (exact) mass is 724 g/mol. The molecule has 0 unspecified atom stereocenters. The van der Waals surface area contributed by atoms with Crippen LogP contribution in [0.5, 0.6) is 0 Å². The van der Waals surface area contributed by atoms with Crippen LogP contribution < -0.4 is 0 Å². The minimum Gasteiger partial charge on any atom is -0.309 e. The van der Waals surface area contributed by atoms with Crippen molar-refractivity contribution in [1.82, 2.24) is 13.7 Å². The molecule has 6 nitrogen and oxygen atoms in total. The zero-order valence-electron chi connectivity index (χ0n) is 30.3. The molecule has 0 radical (unpaired) electrons. The van der Waals surface area contributed by atoms with Crippen molar-refractivity contribution in [2.24, 2.45) is 0 Å². The summed E-state index contributed by atoms with van der Waals surface area (Å²) in [5, 5.41) is 36.4. The number of rotatable bonds is 4. The molecule has 0 amide bonds. The van der Waals surface area contributed by atoms with Gasteiger partial charge in [-0.1, -0.05) is 72.8 Å². The van der Waals surface area contributed by atoms with E-state index in [9.17, 15) is 15.8 Å². The maximum Gasteiger partial charge on any atom is 0.0992 e. The average Bonchev–Trinajstić information content (AvgIpc) is 3.91. The Hall–Kier alpha value is -8.37. The van der Waals surface area contributed by atoms with Gasteiger partial charge in [-0.25, -0.2) is 0 Å². The Bertz CT molecular complexity index is 3560. The lowest BCUT2D eigenvalue weighted by molar-refractivity contribution is 1.15. The summed E-state index contributed by atoms with van der Waals surface area (Å²) in [5.41, 5.74) is 12.8. The van der Waals surface area contributed by atoms with Gasteiger partial charge in [-0.05, 0) is 108 Å². The van der Waals surface area contributed by atoms with Crippen molar-refractivity contribution in [2.45, 2.75) is 0 Å². The first kappa shape index (κ1) is 32.1. The highest BCUT2D eigenvalue weighted by atomic mass is 15.0. The highest BCUT2D eigenvalue weighted by Gasteiger charge is 2.19. The maximum atomic E-state index is 10.4. The second kappa shape index (κ2) is 12.3. The predicted octanol–water partition coefficient (Wildman–Crippen LogP) is 12.3. The quantitative estimate of drug-likeness (QED) is 0.181. The highest BCUT2D eigenvalue weighted by molar-refractivity contribution is 6.13. The van der Waals surface area contributed by atoms with Crippen LogP contribution in [-0.4, -0.2) is 13.7 Å². The fraction of sp³-hybridized carbons (Fsp3) is 0. The number of para-hydroxylation sites is 3. The van der Waals surface area contributed by atoms with E-state index in [1.54, 1.807) is 0 Å². The van der Waals surface area contributed by atoms with E-state index in [4.69, 9.17) is 0 Å². The first-order chi connectivity index (χ1) is 28.1. The van der Waals surface area contributed by atoms with Crippen molar-refractivity contribution in [3.05, 3.63) is 187 Å². The SMILES string of the molecule is N#Cc1cc(-c2ccc(-n3c4ccccc4c4cc(C#N)ccc43)cc2)cc(-n2c3ccc(C#N)cc3c3ccc(-n4c5ccccc5c5ccccc54)cc32)c1. The van der Waals surface area contributed by atoms with Crippen molar-refractivity contribution in [2.75, 3.05) is 0 Å². The van der Waals surface area contributed by atoms with E-state index in [1.165, 1.54) is 10.8 Å². The standard InChI is InChI=1S/C51H28N6/c52-29-32-13-21-49-44(25-32)42-9-3-6-12-48(42)55(49)37-17-15-35(16-18-37)36-23-34(31-54)24-39(27-36)57-50-22-14-33(30-53)26-45(50)43-20-19-38(28-51(43)57)56-46-10-4-1-7-40(46)41-8-2-5-11-47(41)56/h1-28H. The molecule has 3 heterocycles. The first-order valence-corrected chi connectivity index (χ1v) is 18.7. The Morgan fingerprint density at radius 1 is 0.281 bits per heavy atom. The van der Waals surface area contributed by atoms with Gasteiger partial charge in [0, 0.05) is 49.4 Å². The van der Waals surface area contributed by atoms with Crippen LogP contribution in [0.2, 0.25) is 0 Å². The predicted molar refractivity (Wildman–Crippen MR) is 229 cm³/mol. The van der Waals surface area contributed by atoms with Gasteiger partial charge >= 0.3 is 0 Å². The van der Waals surface area contributed by atoms with E-state index in [1.807, 2.05) is 60.7 Å². The normalized spacial score (nSPS) is 11.5. The molecule has 0 aliphatic heterocycles. The van der Waals surface area contributed by atoms with Crippen molar-refractivity contribution in [3.8, 4) is 46.4 Å². The average molecular weight is 725 g/mol. The van der Waals surface area contributed by atoms with Gasteiger partial charge in [0.1, 0.15) is 0 Å². The Morgan fingerprint density at radius 3 is 1.30 bits per heavy atom. The molecule has 0 spiro atoms. The molecule has 0 aliphatic rings. The largest absolute Gasteiger partial charge is 0.309 e. The molecule has 262 valence electrons. The molecule has 0 aliphatic carbocycles. The third-order valence-electron chi connectivity index (χ3n) is 11.3. The van der Waals surface area contributed by atoms with E-state index >= 15 is 0 Å². The van der Waals surface area contributed by atoms with Crippen LogP contribution in [0, 0.1) is 34.0 Å².